The van der Waals surface area contributed by atoms with Crippen molar-refractivity contribution in [2.45, 2.75) is 6.92 Å². The molecule has 5 nitrogen and oxygen atoms in total. The summed E-state index contributed by atoms with van der Waals surface area (Å²) in [6.07, 6.45) is 1.70. The number of hydrogen-bond acceptors (Lipinski definition) is 5. The number of nitrogens with zero attached hydrogens (tertiary/aromatic N) is 3. The molecular weight excluding hydrogens is 240 g/mol. The summed E-state index contributed by atoms with van der Waals surface area (Å²) in [5.41, 5.74) is 8.14. The van der Waals surface area contributed by atoms with Crippen LogP contribution < -0.4 is 10.5 Å². The SMILES string of the molecule is Cc1ccc(Oc2ccc(N)c3cccnc23)nn1. The zero-order valence-corrected chi connectivity index (χ0v) is 10.4. The highest BCUT2D eigenvalue weighted by Gasteiger charge is 2.07. The first kappa shape index (κ1) is 11.4. The molecule has 0 unspecified atom stereocenters. The lowest BCUT2D eigenvalue weighted by atomic mass is 10.2. The predicted molar refractivity (Wildman–Crippen MR) is 73.0 cm³/mol. The van der Waals surface area contributed by atoms with Gasteiger partial charge in [0.15, 0.2) is 5.75 Å². The van der Waals surface area contributed by atoms with E-state index in [0.29, 0.717) is 22.8 Å². The van der Waals surface area contributed by atoms with Gasteiger partial charge in [0.2, 0.25) is 5.88 Å². The van der Waals surface area contributed by atoms with Crippen LogP contribution in [0.1, 0.15) is 5.69 Å². The third kappa shape index (κ3) is 2.18. The standard InChI is InChI=1S/C14H12N4O/c1-9-4-7-13(18-17-9)19-12-6-5-11(15)10-3-2-8-16-14(10)12/h2-8H,15H2,1H3. The summed E-state index contributed by atoms with van der Waals surface area (Å²) >= 11 is 0. The summed E-state index contributed by atoms with van der Waals surface area (Å²) in [5, 5.41) is 8.79. The number of pyridine rings is 1. The third-order valence-corrected chi connectivity index (χ3v) is 2.75. The minimum atomic E-state index is 0.433. The second kappa shape index (κ2) is 4.53. The molecule has 0 amide bonds. The average molecular weight is 252 g/mol. The Labute approximate surface area is 110 Å². The Bertz CT molecular complexity index is 725. The van der Waals surface area contributed by atoms with Crippen LogP contribution in [0.2, 0.25) is 0 Å². The van der Waals surface area contributed by atoms with Crippen LogP contribution >= 0.6 is 0 Å². The summed E-state index contributed by atoms with van der Waals surface area (Å²) in [6, 6.07) is 10.9. The molecule has 2 heterocycles. The monoisotopic (exact) mass is 252 g/mol. The summed E-state index contributed by atoms with van der Waals surface area (Å²) < 4.78 is 5.71. The van der Waals surface area contributed by atoms with Gasteiger partial charge in [-0.05, 0) is 37.3 Å². The second-order valence-corrected chi connectivity index (χ2v) is 4.17. The van der Waals surface area contributed by atoms with Crippen LogP contribution in [0, 0.1) is 6.92 Å². The van der Waals surface area contributed by atoms with Crippen molar-refractivity contribution < 1.29 is 4.74 Å². The van der Waals surface area contributed by atoms with Gasteiger partial charge in [-0.15, -0.1) is 5.10 Å². The number of fused-ring (bicyclic) bond motifs is 1. The molecule has 5 heteroatoms. The second-order valence-electron chi connectivity index (χ2n) is 4.17. The van der Waals surface area contributed by atoms with Crippen molar-refractivity contribution in [2.75, 3.05) is 5.73 Å². The Hall–Kier alpha value is -2.69. The summed E-state index contributed by atoms with van der Waals surface area (Å²) in [7, 11) is 0. The molecule has 2 aromatic heterocycles. The van der Waals surface area contributed by atoms with Crippen LogP contribution in [0.3, 0.4) is 0 Å². The number of nitrogen functional groups attached to an aromatic ring is 1. The molecule has 0 saturated heterocycles. The highest BCUT2D eigenvalue weighted by atomic mass is 16.5. The van der Waals surface area contributed by atoms with E-state index in [-0.39, 0.29) is 0 Å². The van der Waals surface area contributed by atoms with Gasteiger partial charge in [-0.3, -0.25) is 4.98 Å². The zero-order valence-electron chi connectivity index (χ0n) is 10.4. The third-order valence-electron chi connectivity index (χ3n) is 2.75. The van der Waals surface area contributed by atoms with Gasteiger partial charge >= 0.3 is 0 Å². The number of benzene rings is 1. The molecule has 0 aliphatic carbocycles. The number of nitrogens with two attached hydrogens (primary N) is 1. The lowest BCUT2D eigenvalue weighted by Gasteiger charge is -2.08. The van der Waals surface area contributed by atoms with Crippen molar-refractivity contribution >= 4 is 16.6 Å². The molecule has 0 atom stereocenters. The van der Waals surface area contributed by atoms with Crippen molar-refractivity contribution in [3.63, 3.8) is 0 Å². The fourth-order valence-electron chi connectivity index (χ4n) is 1.80. The maximum absolute atomic E-state index is 5.91. The number of rotatable bonds is 2. The molecule has 0 bridgehead atoms. The van der Waals surface area contributed by atoms with E-state index in [2.05, 4.69) is 15.2 Å². The van der Waals surface area contributed by atoms with Gasteiger partial charge < -0.3 is 10.5 Å². The molecule has 19 heavy (non-hydrogen) atoms. The van der Waals surface area contributed by atoms with Crippen LogP contribution in [-0.4, -0.2) is 15.2 Å². The molecule has 0 saturated carbocycles. The first-order valence-corrected chi connectivity index (χ1v) is 5.85. The normalized spacial score (nSPS) is 10.6. The number of hydrogen-bond donors (Lipinski definition) is 1. The maximum Gasteiger partial charge on any atom is 0.238 e. The minimum absolute atomic E-state index is 0.433. The average Bonchev–Trinajstić information content (AvgIpc) is 2.45. The minimum Gasteiger partial charge on any atom is -0.435 e. The molecular formula is C14H12N4O. The molecule has 0 aliphatic heterocycles. The lowest BCUT2D eigenvalue weighted by Crippen LogP contribution is -1.95. The van der Waals surface area contributed by atoms with Crippen molar-refractivity contribution in [1.29, 1.82) is 0 Å². The molecule has 3 rings (SSSR count). The topological polar surface area (TPSA) is 73.9 Å². The van der Waals surface area contributed by atoms with Gasteiger partial charge in [0.25, 0.3) is 0 Å². The van der Waals surface area contributed by atoms with E-state index in [0.717, 1.165) is 11.1 Å². The van der Waals surface area contributed by atoms with E-state index in [4.69, 9.17) is 10.5 Å². The van der Waals surface area contributed by atoms with E-state index < -0.39 is 0 Å². The molecule has 0 aliphatic rings. The van der Waals surface area contributed by atoms with Crippen LogP contribution in [0.25, 0.3) is 10.9 Å². The molecule has 2 N–H and O–H groups in total. The maximum atomic E-state index is 5.91. The van der Waals surface area contributed by atoms with E-state index in [1.807, 2.05) is 25.1 Å². The Balaban J connectivity index is 2.06. The van der Waals surface area contributed by atoms with Crippen molar-refractivity contribution in [1.82, 2.24) is 15.2 Å². The van der Waals surface area contributed by atoms with Crippen molar-refractivity contribution in [3.8, 4) is 11.6 Å². The fraction of sp³-hybridized carbons (Fsp3) is 0.0714. The van der Waals surface area contributed by atoms with Crippen LogP contribution in [0.5, 0.6) is 11.6 Å². The van der Waals surface area contributed by atoms with E-state index in [1.165, 1.54) is 0 Å². The van der Waals surface area contributed by atoms with Crippen LogP contribution in [-0.2, 0) is 0 Å². The van der Waals surface area contributed by atoms with Crippen LogP contribution in [0.15, 0.2) is 42.6 Å². The number of ether oxygens (including phenoxy) is 1. The summed E-state index contributed by atoms with van der Waals surface area (Å²) in [4.78, 5) is 4.30. The van der Waals surface area contributed by atoms with Gasteiger partial charge in [0.05, 0.1) is 5.69 Å². The van der Waals surface area contributed by atoms with Gasteiger partial charge in [-0.25, -0.2) is 0 Å². The largest absolute Gasteiger partial charge is 0.435 e. The molecule has 1 aromatic carbocycles. The molecule has 94 valence electrons. The number of aryl methyl sites for hydroxylation is 1. The van der Waals surface area contributed by atoms with E-state index >= 15 is 0 Å². The lowest BCUT2D eigenvalue weighted by molar-refractivity contribution is 0.458. The number of aromatic nitrogens is 3. The van der Waals surface area contributed by atoms with E-state index in [1.54, 1.807) is 24.4 Å². The first-order valence-electron chi connectivity index (χ1n) is 5.85. The van der Waals surface area contributed by atoms with E-state index in [9.17, 15) is 0 Å². The van der Waals surface area contributed by atoms with Gasteiger partial charge in [0.1, 0.15) is 5.52 Å². The van der Waals surface area contributed by atoms with Gasteiger partial charge in [0, 0.05) is 23.3 Å². The van der Waals surface area contributed by atoms with Crippen LogP contribution in [0.4, 0.5) is 5.69 Å². The quantitative estimate of drug-likeness (QED) is 0.710. The molecule has 3 aromatic rings. The summed E-state index contributed by atoms with van der Waals surface area (Å²) in [5.74, 6) is 1.05. The van der Waals surface area contributed by atoms with Gasteiger partial charge in [-0.2, -0.15) is 5.10 Å². The Morgan fingerprint density at radius 2 is 1.95 bits per heavy atom. The Morgan fingerprint density at radius 1 is 1.05 bits per heavy atom. The molecule has 0 spiro atoms. The fourth-order valence-corrected chi connectivity index (χ4v) is 1.80. The predicted octanol–water partition coefficient (Wildman–Crippen LogP) is 2.71. The van der Waals surface area contributed by atoms with Crippen molar-refractivity contribution in [3.05, 3.63) is 48.3 Å². The van der Waals surface area contributed by atoms with Crippen molar-refractivity contribution in [2.24, 2.45) is 0 Å². The first-order chi connectivity index (χ1) is 9.24. The Kier molecular flexibility index (Phi) is 2.72. The molecule has 0 fully saturated rings. The Morgan fingerprint density at radius 3 is 2.74 bits per heavy atom. The van der Waals surface area contributed by atoms with Gasteiger partial charge in [-0.1, -0.05) is 0 Å². The highest BCUT2D eigenvalue weighted by Crippen LogP contribution is 2.30. The zero-order chi connectivity index (χ0) is 13.2. The number of anilines is 1. The smallest absolute Gasteiger partial charge is 0.238 e. The summed E-state index contributed by atoms with van der Waals surface area (Å²) in [6.45, 7) is 1.87. The highest BCUT2D eigenvalue weighted by molar-refractivity contribution is 5.94. The molecule has 0 radical (unpaired) electrons.